The third-order valence-corrected chi connectivity index (χ3v) is 12.7. The van der Waals surface area contributed by atoms with E-state index in [2.05, 4.69) is 150 Å². The molecule has 52 heavy (non-hydrogen) atoms. The predicted octanol–water partition coefficient (Wildman–Crippen LogP) is 7.86. The van der Waals surface area contributed by atoms with Crippen LogP contribution >= 0.6 is 0 Å². The number of fused-ring (bicyclic) bond motifs is 11. The maximum Gasteiger partial charge on any atom is 0.256 e. The van der Waals surface area contributed by atoms with Crippen LogP contribution in [0.3, 0.4) is 0 Å². The third kappa shape index (κ3) is 3.37. The molecule has 0 atom stereocenters. The molecule has 0 radical (unpaired) electrons. The summed E-state index contributed by atoms with van der Waals surface area (Å²) in [5.41, 5.74) is 15.4. The van der Waals surface area contributed by atoms with Gasteiger partial charge in [-0.3, -0.25) is 0 Å². The second kappa shape index (κ2) is 9.14. The highest BCUT2D eigenvalue weighted by Gasteiger charge is 2.50. The van der Waals surface area contributed by atoms with E-state index in [1.165, 1.54) is 82.2 Å². The number of nitrogens with zero attached hydrogens (tertiary/aromatic N) is 1. The Balaban J connectivity index is 1.34. The summed E-state index contributed by atoms with van der Waals surface area (Å²) in [6, 6.07) is 36.6. The summed E-state index contributed by atoms with van der Waals surface area (Å²) in [6.07, 6.45) is 0. The van der Waals surface area contributed by atoms with E-state index in [4.69, 9.17) is 9.47 Å². The van der Waals surface area contributed by atoms with Crippen LogP contribution in [0.4, 0.5) is 0 Å². The second-order valence-corrected chi connectivity index (χ2v) is 17.7. The van der Waals surface area contributed by atoms with Crippen molar-refractivity contribution >= 4 is 89.6 Å². The summed E-state index contributed by atoms with van der Waals surface area (Å²) in [5.74, 6) is 3.83. The van der Waals surface area contributed by atoms with Crippen molar-refractivity contribution in [3.05, 3.63) is 114 Å². The SMILES string of the molecule is Cc1c2c3c4c5c1Oc1c(ccc6ccccc16)B5c1cc(C(C)(C)C)cc5c6cc(C(C)(C)C)cc(c6n-4c15)B3c1ccc3ccccc3c1O2. The van der Waals surface area contributed by atoms with Gasteiger partial charge < -0.3 is 14.0 Å². The molecule has 3 nitrogen and oxygen atoms in total. The van der Waals surface area contributed by atoms with Crippen LogP contribution in [0.25, 0.3) is 49.0 Å². The molecule has 0 spiro atoms. The van der Waals surface area contributed by atoms with E-state index in [0.717, 1.165) is 39.3 Å². The van der Waals surface area contributed by atoms with Gasteiger partial charge in [0.2, 0.25) is 0 Å². The number of rotatable bonds is 0. The molecule has 0 unspecified atom stereocenters. The monoisotopic (exact) mass is 669 g/mol. The summed E-state index contributed by atoms with van der Waals surface area (Å²) >= 11 is 0. The fourth-order valence-corrected chi connectivity index (χ4v) is 10.1. The molecule has 248 valence electrons. The average Bonchev–Trinajstić information content (AvgIpc) is 3.47. The van der Waals surface area contributed by atoms with Crippen LogP contribution in [0.2, 0.25) is 0 Å². The van der Waals surface area contributed by atoms with Crippen LogP contribution in [0, 0.1) is 6.92 Å². The first-order chi connectivity index (χ1) is 25.0. The normalized spacial score (nSPS) is 14.7. The van der Waals surface area contributed by atoms with Crippen molar-refractivity contribution in [3.8, 4) is 28.7 Å². The number of hydrogen-bond acceptors (Lipinski definition) is 2. The first-order valence-corrected chi connectivity index (χ1v) is 18.8. The van der Waals surface area contributed by atoms with E-state index in [1.807, 2.05) is 0 Å². The molecule has 0 bridgehead atoms. The van der Waals surface area contributed by atoms with Gasteiger partial charge in [-0.2, -0.15) is 0 Å². The summed E-state index contributed by atoms with van der Waals surface area (Å²) < 4.78 is 17.2. The molecule has 0 saturated carbocycles. The van der Waals surface area contributed by atoms with Crippen molar-refractivity contribution in [1.29, 1.82) is 0 Å². The van der Waals surface area contributed by atoms with Crippen molar-refractivity contribution in [2.24, 2.45) is 0 Å². The first kappa shape index (κ1) is 29.2. The zero-order chi connectivity index (χ0) is 35.2. The minimum absolute atomic E-state index is 0.0197. The van der Waals surface area contributed by atoms with E-state index >= 15 is 0 Å². The highest BCUT2D eigenvalue weighted by atomic mass is 16.5. The molecule has 12 rings (SSSR count). The molecule has 0 saturated heterocycles. The Kier molecular flexibility index (Phi) is 5.13. The molecule has 4 aliphatic rings. The van der Waals surface area contributed by atoms with Crippen molar-refractivity contribution in [2.45, 2.75) is 59.3 Å². The van der Waals surface area contributed by atoms with Gasteiger partial charge in [-0.1, -0.05) is 126 Å². The maximum atomic E-state index is 7.29. The molecule has 5 heteroatoms. The van der Waals surface area contributed by atoms with Crippen LogP contribution in [0.15, 0.2) is 97.1 Å². The molecule has 8 aromatic rings. The minimum Gasteiger partial charge on any atom is -0.457 e. The van der Waals surface area contributed by atoms with Crippen molar-refractivity contribution in [1.82, 2.24) is 4.57 Å². The van der Waals surface area contributed by atoms with Gasteiger partial charge in [-0.25, -0.2) is 0 Å². The smallest absolute Gasteiger partial charge is 0.256 e. The van der Waals surface area contributed by atoms with Crippen LogP contribution in [0.1, 0.15) is 58.2 Å². The summed E-state index contributed by atoms with van der Waals surface area (Å²) in [7, 11) is 0. The molecule has 0 N–H and O–H groups in total. The quantitative estimate of drug-likeness (QED) is 0.154. The Hall–Kier alpha value is -5.41. The van der Waals surface area contributed by atoms with Gasteiger partial charge in [0.15, 0.2) is 0 Å². The Bertz CT molecular complexity index is 2810. The van der Waals surface area contributed by atoms with Gasteiger partial charge in [0.25, 0.3) is 13.4 Å². The highest BCUT2D eigenvalue weighted by Crippen LogP contribution is 2.47. The Morgan fingerprint density at radius 2 is 0.923 bits per heavy atom. The highest BCUT2D eigenvalue weighted by molar-refractivity contribution is 7.03. The molecule has 5 heterocycles. The van der Waals surface area contributed by atoms with Crippen molar-refractivity contribution in [3.63, 3.8) is 0 Å². The molecule has 7 aromatic carbocycles. The molecule has 0 fully saturated rings. The molecule has 0 amide bonds. The number of hydrogen-bond donors (Lipinski definition) is 0. The molecular weight excluding hydrogens is 632 g/mol. The van der Waals surface area contributed by atoms with E-state index in [-0.39, 0.29) is 24.3 Å². The number of ether oxygens (including phenoxy) is 2. The summed E-state index contributed by atoms with van der Waals surface area (Å²) in [4.78, 5) is 0. The lowest BCUT2D eigenvalue weighted by Crippen LogP contribution is -2.65. The first-order valence-electron chi connectivity index (χ1n) is 18.8. The Morgan fingerprint density at radius 1 is 0.481 bits per heavy atom. The zero-order valence-corrected chi connectivity index (χ0v) is 30.7. The topological polar surface area (TPSA) is 23.4 Å². The zero-order valence-electron chi connectivity index (χ0n) is 30.7. The van der Waals surface area contributed by atoms with Gasteiger partial charge in [0.05, 0.1) is 0 Å². The van der Waals surface area contributed by atoms with E-state index in [9.17, 15) is 0 Å². The molecule has 0 aliphatic carbocycles. The Morgan fingerprint density at radius 3 is 1.37 bits per heavy atom. The molecule has 4 aliphatic heterocycles. The van der Waals surface area contributed by atoms with Gasteiger partial charge in [0.1, 0.15) is 23.0 Å². The van der Waals surface area contributed by atoms with E-state index < -0.39 is 0 Å². The third-order valence-electron chi connectivity index (χ3n) is 12.7. The summed E-state index contributed by atoms with van der Waals surface area (Å²) in [5, 5.41) is 7.38. The second-order valence-electron chi connectivity index (χ2n) is 17.7. The lowest BCUT2D eigenvalue weighted by molar-refractivity contribution is 0.464. The van der Waals surface area contributed by atoms with Crippen molar-refractivity contribution < 1.29 is 9.47 Å². The van der Waals surface area contributed by atoms with Gasteiger partial charge in [-0.05, 0) is 84.6 Å². The van der Waals surface area contributed by atoms with Crippen LogP contribution in [-0.2, 0) is 10.8 Å². The van der Waals surface area contributed by atoms with Gasteiger partial charge in [0, 0.05) is 43.8 Å². The fourth-order valence-electron chi connectivity index (χ4n) is 10.1. The van der Waals surface area contributed by atoms with Crippen molar-refractivity contribution in [2.75, 3.05) is 0 Å². The fraction of sp³-hybridized carbons (Fsp3) is 0.191. The largest absolute Gasteiger partial charge is 0.457 e. The van der Waals surface area contributed by atoms with Gasteiger partial charge >= 0.3 is 0 Å². The van der Waals surface area contributed by atoms with E-state index in [1.54, 1.807) is 0 Å². The lowest BCUT2D eigenvalue weighted by Gasteiger charge is -2.42. The Labute approximate surface area is 304 Å². The van der Waals surface area contributed by atoms with E-state index in [0.29, 0.717) is 0 Å². The van der Waals surface area contributed by atoms with Gasteiger partial charge in [-0.15, -0.1) is 0 Å². The minimum atomic E-state index is -0.0333. The maximum absolute atomic E-state index is 7.29. The standard InChI is InChI=1S/C47H37B2NO2/c1-24-42-37-41-38-43(24)52-45-30-15-11-9-13-26(30)17-19-34(45)49(38)36-23-28(47(5,6)7)21-32-31-20-27(46(2,3)4)22-35(39(31)50(41)40(32)36)48(37)33-18-16-25-12-8-10-14-29(25)44(33)51-42/h8-23H,1-7H3. The summed E-state index contributed by atoms with van der Waals surface area (Å²) in [6.45, 7) is 16.4. The predicted molar refractivity (Wildman–Crippen MR) is 220 cm³/mol. The molecule has 1 aromatic heterocycles. The average molecular weight is 669 g/mol. The van der Waals surface area contributed by atoms with Crippen LogP contribution in [-0.4, -0.2) is 18.0 Å². The van der Waals surface area contributed by atoms with Crippen LogP contribution in [0.5, 0.6) is 23.0 Å². The number of benzene rings is 7. The molecular formula is C47H37B2NO2. The lowest BCUT2D eigenvalue weighted by atomic mass is 9.30. The number of aromatic nitrogens is 1. The van der Waals surface area contributed by atoms with Crippen LogP contribution < -0.4 is 42.3 Å².